The molecule has 5 rings (SSSR count). The molecule has 2 aliphatic carbocycles. The fourth-order valence-corrected chi connectivity index (χ4v) is 7.12. The molecule has 0 aliphatic heterocycles. The number of fused-ring (bicyclic) bond motifs is 6. The van der Waals surface area contributed by atoms with Gasteiger partial charge in [-0.05, 0) is 12.8 Å². The number of hydrogen-bond acceptors (Lipinski definition) is 6. The molecule has 1 aromatic carbocycles. The van der Waals surface area contributed by atoms with Crippen LogP contribution in [0.1, 0.15) is 45.9 Å². The number of hydrogen-bond donors (Lipinski definition) is 0. The molecule has 3 aromatic rings. The van der Waals surface area contributed by atoms with Gasteiger partial charge in [-0.3, -0.25) is 0 Å². The van der Waals surface area contributed by atoms with Gasteiger partial charge in [0.2, 0.25) is 0 Å². The lowest BCUT2D eigenvalue weighted by Gasteiger charge is -2.13. The van der Waals surface area contributed by atoms with E-state index in [1.165, 1.54) is 0 Å². The number of nitrogens with zero attached hydrogens (tertiary/aromatic N) is 4. The summed E-state index contributed by atoms with van der Waals surface area (Å²) < 4.78 is 63.6. The summed E-state index contributed by atoms with van der Waals surface area (Å²) in [5.74, 6) is -3.69. The van der Waals surface area contributed by atoms with Crippen LogP contribution in [-0.4, -0.2) is 0 Å². The molecule has 0 radical (unpaired) electrons. The van der Waals surface area contributed by atoms with Crippen LogP contribution in [0.2, 0.25) is 0 Å². The predicted octanol–water partition coefficient (Wildman–Crippen LogP) is 7.15. The Morgan fingerprint density at radius 2 is 0.889 bits per heavy atom. The summed E-state index contributed by atoms with van der Waals surface area (Å²) in [5.41, 5.74) is -4.03. The van der Waals surface area contributed by atoms with E-state index in [0.29, 0.717) is 0 Å². The van der Waals surface area contributed by atoms with Gasteiger partial charge in [-0.25, -0.2) is 17.6 Å². The van der Waals surface area contributed by atoms with E-state index in [9.17, 15) is 21.0 Å². The lowest BCUT2D eigenvalue weighted by atomic mass is 9.92. The van der Waals surface area contributed by atoms with E-state index in [0.717, 1.165) is 22.7 Å². The van der Waals surface area contributed by atoms with Crippen molar-refractivity contribution >= 4 is 33.8 Å². The topological polar surface area (TPSA) is 95.2 Å². The fourth-order valence-electron chi connectivity index (χ4n) is 4.78. The van der Waals surface area contributed by atoms with E-state index in [-0.39, 0.29) is 65.8 Å². The number of aryl methyl sites for hydroxylation is 2. The van der Waals surface area contributed by atoms with Crippen molar-refractivity contribution in [2.24, 2.45) is 0 Å². The lowest BCUT2D eigenvalue weighted by molar-refractivity contribution is 0.603. The summed E-state index contributed by atoms with van der Waals surface area (Å²) in [5, 5.41) is 38.2. The van der Waals surface area contributed by atoms with E-state index in [4.69, 9.17) is 0 Å². The smallest absolute Gasteiger partial charge is 0.145 e. The number of benzene rings is 1. The summed E-state index contributed by atoms with van der Waals surface area (Å²) >= 11 is 1.73. The van der Waals surface area contributed by atoms with E-state index >= 15 is 17.6 Å². The minimum absolute atomic E-state index is 0.00339. The molecule has 0 fully saturated rings. The van der Waals surface area contributed by atoms with Crippen molar-refractivity contribution < 1.29 is 17.6 Å². The van der Waals surface area contributed by atoms with E-state index in [1.54, 1.807) is 38.1 Å². The van der Waals surface area contributed by atoms with Crippen LogP contribution in [0, 0.1) is 68.6 Å². The summed E-state index contributed by atoms with van der Waals surface area (Å²) in [4.78, 5) is 0.441. The molecule has 0 bridgehead atoms. The standard InChI is InChI=1S/C26H10F4N4S2/c1-3-11-21(27)17-13(9(5-31)6-32)15-19(25(17)35-11)23(29)16-14(10(7-33)8-34)18-22(28)12(4-2)36-26(18)20(16)24(15)30/h3-4H2,1-2H3. The number of rotatable bonds is 2. The number of halogens is 4. The Morgan fingerprint density at radius 3 is 1.17 bits per heavy atom. The fraction of sp³-hybridized carbons (Fsp3) is 0.154. The van der Waals surface area contributed by atoms with Gasteiger partial charge in [0, 0.05) is 64.0 Å². The summed E-state index contributed by atoms with van der Waals surface area (Å²) in [6.07, 6.45) is 0.464. The van der Waals surface area contributed by atoms with Crippen LogP contribution in [-0.2, 0) is 12.8 Å². The molecule has 2 aromatic heterocycles. The van der Waals surface area contributed by atoms with Crippen molar-refractivity contribution in [3.8, 4) is 45.2 Å². The minimum atomic E-state index is -1.07. The van der Waals surface area contributed by atoms with Gasteiger partial charge in [0.25, 0.3) is 0 Å². The first-order valence-electron chi connectivity index (χ1n) is 10.6. The molecular formula is C26H10F4N4S2. The van der Waals surface area contributed by atoms with Crippen LogP contribution in [0.5, 0.6) is 0 Å². The second-order valence-electron chi connectivity index (χ2n) is 7.87. The van der Waals surface area contributed by atoms with Gasteiger partial charge in [-0.1, -0.05) is 13.8 Å². The van der Waals surface area contributed by atoms with Crippen molar-refractivity contribution in [3.05, 3.63) is 66.4 Å². The van der Waals surface area contributed by atoms with Gasteiger partial charge in [0.05, 0.1) is 0 Å². The van der Waals surface area contributed by atoms with E-state index in [1.807, 2.05) is 0 Å². The third-order valence-corrected chi connectivity index (χ3v) is 8.91. The quantitative estimate of drug-likeness (QED) is 0.183. The SMILES string of the molecule is CCc1sc2c(c1F)C(=C(C#N)C#N)c1c(F)c3c(c(F)c1-2)C(=C(C#N)C#N)c1c-3sc(CC)c1F. The second kappa shape index (κ2) is 8.18. The Labute approximate surface area is 210 Å². The average Bonchev–Trinajstić information content (AvgIpc) is 3.58. The number of allylic oxidation sites excluding steroid dienone is 2. The van der Waals surface area contributed by atoms with E-state index in [2.05, 4.69) is 0 Å². The molecule has 2 heterocycles. The highest BCUT2D eigenvalue weighted by molar-refractivity contribution is 7.16. The van der Waals surface area contributed by atoms with Gasteiger partial charge in [0.1, 0.15) is 58.7 Å². The molecule has 0 amide bonds. The number of thiophene rings is 2. The highest BCUT2D eigenvalue weighted by Crippen LogP contribution is 2.60. The zero-order valence-corrected chi connectivity index (χ0v) is 20.2. The highest BCUT2D eigenvalue weighted by Gasteiger charge is 2.45. The van der Waals surface area contributed by atoms with Crippen molar-refractivity contribution in [3.63, 3.8) is 0 Å². The van der Waals surface area contributed by atoms with Crippen LogP contribution in [0.4, 0.5) is 17.6 Å². The van der Waals surface area contributed by atoms with Crippen LogP contribution in [0.25, 0.3) is 32.0 Å². The highest BCUT2D eigenvalue weighted by atomic mass is 32.1. The summed E-state index contributed by atoms with van der Waals surface area (Å²) in [6, 6.07) is 6.58. The first-order chi connectivity index (χ1) is 17.3. The second-order valence-corrected chi connectivity index (χ2v) is 10.1. The van der Waals surface area contributed by atoms with Crippen molar-refractivity contribution in [1.29, 1.82) is 21.0 Å². The maximum absolute atomic E-state index is 16.4. The summed E-state index contributed by atoms with van der Waals surface area (Å²) in [6.45, 7) is 3.34. The maximum atomic E-state index is 16.4. The molecule has 0 spiro atoms. The first-order valence-corrected chi connectivity index (χ1v) is 12.2. The molecule has 10 heteroatoms. The van der Waals surface area contributed by atoms with Crippen LogP contribution in [0.3, 0.4) is 0 Å². The largest absolute Gasteiger partial charge is 0.206 e. The van der Waals surface area contributed by atoms with Crippen LogP contribution in [0.15, 0.2) is 11.1 Å². The van der Waals surface area contributed by atoms with Crippen molar-refractivity contribution in [2.75, 3.05) is 0 Å². The molecule has 0 saturated carbocycles. The lowest BCUT2D eigenvalue weighted by Crippen LogP contribution is -2.02. The van der Waals surface area contributed by atoms with Gasteiger partial charge in [0.15, 0.2) is 0 Å². The normalized spacial score (nSPS) is 12.2. The molecule has 0 saturated heterocycles. The molecule has 0 atom stereocenters. The van der Waals surface area contributed by atoms with Crippen LogP contribution >= 0.6 is 22.7 Å². The average molecular weight is 519 g/mol. The van der Waals surface area contributed by atoms with Gasteiger partial charge >= 0.3 is 0 Å². The van der Waals surface area contributed by atoms with Gasteiger partial charge in [-0.15, -0.1) is 22.7 Å². The molecular weight excluding hydrogens is 508 g/mol. The Kier molecular flexibility index (Phi) is 5.34. The van der Waals surface area contributed by atoms with Crippen molar-refractivity contribution in [1.82, 2.24) is 0 Å². The zero-order chi connectivity index (χ0) is 26.0. The Balaban J connectivity index is 2.05. The third kappa shape index (κ3) is 2.69. The molecule has 0 unspecified atom stereocenters. The Morgan fingerprint density at radius 1 is 0.556 bits per heavy atom. The maximum Gasteiger partial charge on any atom is 0.145 e. The molecule has 0 N–H and O–H groups in total. The van der Waals surface area contributed by atoms with Gasteiger partial charge < -0.3 is 0 Å². The molecule has 36 heavy (non-hydrogen) atoms. The Bertz CT molecular complexity index is 1630. The van der Waals surface area contributed by atoms with Gasteiger partial charge in [-0.2, -0.15) is 21.0 Å². The van der Waals surface area contributed by atoms with E-state index < -0.39 is 45.5 Å². The van der Waals surface area contributed by atoms with Crippen LogP contribution < -0.4 is 0 Å². The third-order valence-electron chi connectivity index (χ3n) is 6.25. The zero-order valence-electron chi connectivity index (χ0n) is 18.5. The monoisotopic (exact) mass is 518 g/mol. The number of nitriles is 4. The molecule has 174 valence electrons. The first kappa shape index (κ1) is 23.5. The Hall–Kier alpha value is -4.22. The summed E-state index contributed by atoms with van der Waals surface area (Å²) in [7, 11) is 0. The minimum Gasteiger partial charge on any atom is -0.206 e. The molecule has 2 aliphatic rings. The van der Waals surface area contributed by atoms with Crippen molar-refractivity contribution in [2.45, 2.75) is 26.7 Å². The molecule has 4 nitrogen and oxygen atoms in total. The predicted molar refractivity (Wildman–Crippen MR) is 126 cm³/mol.